The molecule has 0 aromatic carbocycles. The molecule has 298 valence electrons. The molecule has 3 rings (SSSR count). The molecule has 3 heterocycles. The van der Waals surface area contributed by atoms with Crippen LogP contribution >= 0.6 is 0 Å². The number of aliphatic hydroxyl groups is 4. The number of esters is 1. The molecule has 18 atom stereocenters. The molecular weight excluding hydrogens is 662 g/mol. The molecule has 51 heavy (non-hydrogen) atoms. The maximum absolute atomic E-state index is 14.1. The second kappa shape index (κ2) is 17.0. The number of hydrogen-bond acceptors (Lipinski definition) is 13. The topological polar surface area (TPSA) is 174 Å². The SMILES string of the molecule is CC[C@H]1OC(=O)[C@H](C)[C@@H](O[C@H]2C[C@@](C)(OC)[C@@H](C)[C@H](C)O2)[C@H](C)[C@@H](O[C@@H]2O[C@H](C)C[C@H](N(C)C)[C@H]2O)[C@](C)(O)C[C@@H](C)C(=O)[C@H](C)[C@@H](O)[C@]1(C)O. The van der Waals surface area contributed by atoms with Gasteiger partial charge < -0.3 is 53.7 Å². The van der Waals surface area contributed by atoms with Crippen LogP contribution in [0.4, 0.5) is 0 Å². The standard InChI is InChI=1S/C38H69NO12/c1-15-27-38(11,45)32(42)21(4)29(40)19(2)17-36(9,44)33(51-35-30(41)26(39(12)13)16-20(3)47-35)22(5)31(23(6)34(43)49-27)50-28-18-37(10,46-14)24(7)25(8)48-28/h19-28,30-33,35,41-42,44-45H,15-18H2,1-14H3/t19-,20-,21+,22+,23-,24+,25+,26+,27-,28+,30-,31+,32-,33-,35+,36-,37-,38-/m1/s1. The number of Topliss-reactive ketones (excluding diaryl/α,β-unsaturated/α-hetero) is 1. The van der Waals surface area contributed by atoms with Crippen molar-refractivity contribution >= 4 is 11.8 Å². The molecule has 3 fully saturated rings. The quantitative estimate of drug-likeness (QED) is 0.282. The van der Waals surface area contributed by atoms with Crippen LogP contribution in [0, 0.1) is 29.6 Å². The summed E-state index contributed by atoms with van der Waals surface area (Å²) in [4.78, 5) is 29.8. The Balaban J connectivity index is 2.18. The van der Waals surface area contributed by atoms with Gasteiger partial charge in [0, 0.05) is 43.2 Å². The van der Waals surface area contributed by atoms with Crippen LogP contribution in [0.2, 0.25) is 0 Å². The van der Waals surface area contributed by atoms with Crippen molar-refractivity contribution in [2.75, 3.05) is 21.2 Å². The van der Waals surface area contributed by atoms with Gasteiger partial charge in [-0.1, -0.05) is 34.6 Å². The molecule has 0 radical (unpaired) electrons. The second-order valence-electron chi connectivity index (χ2n) is 16.8. The lowest BCUT2D eigenvalue weighted by molar-refractivity contribution is -0.313. The third-order valence-corrected chi connectivity index (χ3v) is 12.4. The summed E-state index contributed by atoms with van der Waals surface area (Å²) < 4.78 is 37.8. The van der Waals surface area contributed by atoms with Crippen LogP contribution in [0.15, 0.2) is 0 Å². The molecule has 0 aromatic rings. The smallest absolute Gasteiger partial charge is 0.311 e. The molecule has 0 aromatic heterocycles. The number of cyclic esters (lactones) is 1. The summed E-state index contributed by atoms with van der Waals surface area (Å²) in [7, 11) is 5.37. The van der Waals surface area contributed by atoms with Gasteiger partial charge in [0.15, 0.2) is 12.6 Å². The van der Waals surface area contributed by atoms with Gasteiger partial charge in [-0.25, -0.2) is 0 Å². The molecule has 13 heteroatoms. The van der Waals surface area contributed by atoms with Crippen LogP contribution in [-0.4, -0.2) is 136 Å². The Hall–Kier alpha value is -1.26. The number of ketones is 1. The lowest BCUT2D eigenvalue weighted by Gasteiger charge is -2.49. The zero-order valence-corrected chi connectivity index (χ0v) is 33.5. The second-order valence-corrected chi connectivity index (χ2v) is 16.8. The molecular formula is C38H69NO12. The van der Waals surface area contributed by atoms with Gasteiger partial charge in [0.25, 0.3) is 0 Å². The number of aliphatic hydroxyl groups excluding tert-OH is 2. The number of nitrogens with zero attached hydrogens (tertiary/aromatic N) is 1. The maximum Gasteiger partial charge on any atom is 0.311 e. The molecule has 0 spiro atoms. The van der Waals surface area contributed by atoms with E-state index >= 15 is 0 Å². The highest BCUT2D eigenvalue weighted by atomic mass is 16.7. The summed E-state index contributed by atoms with van der Waals surface area (Å²) in [5.41, 5.74) is -4.33. The van der Waals surface area contributed by atoms with Crippen LogP contribution in [-0.2, 0) is 38.0 Å². The van der Waals surface area contributed by atoms with Gasteiger partial charge in [0.1, 0.15) is 23.6 Å². The van der Waals surface area contributed by atoms with E-state index in [1.54, 1.807) is 41.7 Å². The summed E-state index contributed by atoms with van der Waals surface area (Å²) >= 11 is 0. The lowest BCUT2D eigenvalue weighted by atomic mass is 9.74. The fourth-order valence-corrected chi connectivity index (χ4v) is 8.58. The third-order valence-electron chi connectivity index (χ3n) is 12.4. The first-order valence-electron chi connectivity index (χ1n) is 18.8. The number of hydrogen-bond donors (Lipinski definition) is 4. The van der Waals surface area contributed by atoms with Crippen molar-refractivity contribution in [3.8, 4) is 0 Å². The van der Waals surface area contributed by atoms with E-state index in [1.165, 1.54) is 13.8 Å². The Morgan fingerprint density at radius 1 is 0.902 bits per heavy atom. The Morgan fingerprint density at radius 3 is 2.06 bits per heavy atom. The fraction of sp³-hybridized carbons (Fsp3) is 0.947. The first-order valence-corrected chi connectivity index (χ1v) is 18.8. The van der Waals surface area contributed by atoms with Crippen molar-refractivity contribution in [2.45, 2.75) is 180 Å². The van der Waals surface area contributed by atoms with Crippen molar-refractivity contribution in [3.63, 3.8) is 0 Å². The average molecular weight is 732 g/mol. The Kier molecular flexibility index (Phi) is 14.7. The number of carbonyl (C=O) groups excluding carboxylic acids is 2. The minimum Gasteiger partial charge on any atom is -0.459 e. The first-order chi connectivity index (χ1) is 23.4. The molecule has 4 N–H and O–H groups in total. The molecule has 0 aliphatic carbocycles. The molecule has 0 bridgehead atoms. The van der Waals surface area contributed by atoms with Gasteiger partial charge in [0.2, 0.25) is 0 Å². The fourth-order valence-electron chi connectivity index (χ4n) is 8.58. The molecule has 3 aliphatic heterocycles. The highest BCUT2D eigenvalue weighted by Crippen LogP contribution is 2.42. The van der Waals surface area contributed by atoms with Gasteiger partial charge >= 0.3 is 5.97 Å². The van der Waals surface area contributed by atoms with Crippen molar-refractivity contribution in [3.05, 3.63) is 0 Å². The molecule has 3 saturated heterocycles. The van der Waals surface area contributed by atoms with E-state index in [9.17, 15) is 30.0 Å². The zero-order chi connectivity index (χ0) is 39.0. The van der Waals surface area contributed by atoms with Crippen LogP contribution in [0.25, 0.3) is 0 Å². The van der Waals surface area contributed by atoms with Crippen LogP contribution < -0.4 is 0 Å². The molecule has 13 nitrogen and oxygen atoms in total. The lowest BCUT2D eigenvalue weighted by Crippen LogP contribution is -2.60. The monoisotopic (exact) mass is 731 g/mol. The number of likely N-dealkylation sites (N-methyl/N-ethyl adjacent to an activating group) is 1. The van der Waals surface area contributed by atoms with Crippen LogP contribution in [0.5, 0.6) is 0 Å². The summed E-state index contributed by atoms with van der Waals surface area (Å²) in [5, 5.41) is 46.8. The minimum atomic E-state index is -1.97. The van der Waals surface area contributed by atoms with E-state index in [2.05, 4.69) is 0 Å². The number of carbonyl (C=O) groups is 2. The van der Waals surface area contributed by atoms with Gasteiger partial charge in [-0.2, -0.15) is 0 Å². The van der Waals surface area contributed by atoms with E-state index < -0.39 is 89.5 Å². The molecule has 3 aliphatic rings. The van der Waals surface area contributed by atoms with Gasteiger partial charge in [-0.3, -0.25) is 9.59 Å². The number of methoxy groups -OCH3 is 1. The summed E-state index contributed by atoms with van der Waals surface area (Å²) in [5.74, 6) is -4.70. The van der Waals surface area contributed by atoms with E-state index in [-0.39, 0.29) is 42.8 Å². The van der Waals surface area contributed by atoms with Gasteiger partial charge in [-0.05, 0) is 74.9 Å². The summed E-state index contributed by atoms with van der Waals surface area (Å²) in [6.07, 6.45) is -7.53. The van der Waals surface area contributed by atoms with E-state index in [1.807, 2.05) is 46.7 Å². The Labute approximate surface area is 305 Å². The van der Waals surface area contributed by atoms with Gasteiger partial charge in [0.05, 0.1) is 47.6 Å². The van der Waals surface area contributed by atoms with E-state index in [0.29, 0.717) is 12.8 Å². The first kappa shape index (κ1) is 44.1. The highest BCUT2D eigenvalue weighted by molar-refractivity contribution is 5.83. The number of ether oxygens (including phenoxy) is 6. The van der Waals surface area contributed by atoms with Crippen LogP contribution in [0.3, 0.4) is 0 Å². The van der Waals surface area contributed by atoms with Crippen molar-refractivity contribution in [1.29, 1.82) is 0 Å². The summed E-state index contributed by atoms with van der Waals surface area (Å²) in [6, 6.07) is -0.300. The molecule has 0 unspecified atom stereocenters. The predicted octanol–water partition coefficient (Wildman–Crippen LogP) is 3.06. The Bertz CT molecular complexity index is 1170. The van der Waals surface area contributed by atoms with Crippen molar-refractivity contribution < 1.29 is 58.4 Å². The zero-order valence-electron chi connectivity index (χ0n) is 33.5. The van der Waals surface area contributed by atoms with Gasteiger partial charge in [-0.15, -0.1) is 0 Å². The third kappa shape index (κ3) is 9.52. The normalized spacial score (nSPS) is 49.7. The maximum atomic E-state index is 14.1. The highest BCUT2D eigenvalue weighted by Gasteiger charge is 2.53. The number of rotatable bonds is 7. The average Bonchev–Trinajstić information content (AvgIpc) is 3.05. The van der Waals surface area contributed by atoms with Crippen molar-refractivity contribution in [2.24, 2.45) is 29.6 Å². The summed E-state index contributed by atoms with van der Waals surface area (Å²) in [6.45, 7) is 19.1. The van der Waals surface area contributed by atoms with Crippen molar-refractivity contribution in [1.82, 2.24) is 4.90 Å². The largest absolute Gasteiger partial charge is 0.459 e. The van der Waals surface area contributed by atoms with E-state index in [0.717, 1.165) is 0 Å². The van der Waals surface area contributed by atoms with E-state index in [4.69, 9.17) is 28.4 Å². The van der Waals surface area contributed by atoms with Crippen LogP contribution in [0.1, 0.15) is 102 Å². The molecule has 0 amide bonds. The minimum absolute atomic E-state index is 0.0277. The molecule has 0 saturated carbocycles. The Morgan fingerprint density at radius 2 is 1.51 bits per heavy atom. The predicted molar refractivity (Wildman–Crippen MR) is 189 cm³/mol.